The van der Waals surface area contributed by atoms with E-state index in [1.165, 1.54) is 34.4 Å². The Kier molecular flexibility index (Phi) is 2.81. The van der Waals surface area contributed by atoms with Crippen LogP contribution >= 0.6 is 0 Å². The number of para-hydroxylation sites is 1. The van der Waals surface area contributed by atoms with E-state index in [2.05, 4.69) is 54.0 Å². The van der Waals surface area contributed by atoms with E-state index in [4.69, 9.17) is 4.98 Å². The molecule has 1 atom stereocenters. The molecule has 1 aromatic carbocycles. The zero-order valence-electron chi connectivity index (χ0n) is 12.5. The third-order valence-electron chi connectivity index (χ3n) is 4.52. The van der Waals surface area contributed by atoms with Crippen molar-refractivity contribution in [2.24, 2.45) is 5.92 Å². The Morgan fingerprint density at radius 3 is 2.86 bits per heavy atom. The van der Waals surface area contributed by atoms with Crippen molar-refractivity contribution in [1.82, 2.24) is 14.8 Å². The smallest absolute Gasteiger partial charge is 0.0792 e. The van der Waals surface area contributed by atoms with Crippen LogP contribution in [0.25, 0.3) is 16.6 Å². The molecule has 21 heavy (non-hydrogen) atoms. The summed E-state index contributed by atoms with van der Waals surface area (Å²) in [4.78, 5) is 4.93. The Hall–Kier alpha value is -2.16. The minimum absolute atomic E-state index is 0.720. The van der Waals surface area contributed by atoms with Crippen LogP contribution in [-0.2, 0) is 12.8 Å². The highest BCUT2D eigenvalue weighted by molar-refractivity contribution is 5.89. The van der Waals surface area contributed by atoms with Crippen molar-refractivity contribution in [1.29, 1.82) is 0 Å². The van der Waals surface area contributed by atoms with Gasteiger partial charge >= 0.3 is 0 Å². The van der Waals surface area contributed by atoms with Crippen molar-refractivity contribution in [2.75, 3.05) is 0 Å². The summed E-state index contributed by atoms with van der Waals surface area (Å²) in [5, 5.41) is 5.76. The lowest BCUT2D eigenvalue weighted by Crippen LogP contribution is -2.17. The summed E-state index contributed by atoms with van der Waals surface area (Å²) >= 11 is 0. The topological polar surface area (TPSA) is 30.7 Å². The maximum absolute atomic E-state index is 4.93. The number of fused-ring (bicyclic) bond motifs is 2. The van der Waals surface area contributed by atoms with E-state index in [9.17, 15) is 0 Å². The molecule has 3 heteroatoms. The molecular weight excluding hydrogens is 258 g/mol. The summed E-state index contributed by atoms with van der Waals surface area (Å²) < 4.78 is 2.08. The number of benzene rings is 1. The first-order chi connectivity index (χ1) is 10.2. The molecule has 0 amide bonds. The van der Waals surface area contributed by atoms with Gasteiger partial charge in [-0.05, 0) is 44.2 Å². The fraction of sp³-hybridized carbons (Fsp3) is 0.333. The lowest BCUT2D eigenvalue weighted by atomic mass is 9.86. The van der Waals surface area contributed by atoms with Gasteiger partial charge in [0, 0.05) is 28.5 Å². The Morgan fingerprint density at radius 1 is 1.19 bits per heavy atom. The van der Waals surface area contributed by atoms with Crippen molar-refractivity contribution in [3.05, 3.63) is 53.5 Å². The molecule has 3 aromatic rings. The van der Waals surface area contributed by atoms with Crippen molar-refractivity contribution in [3.63, 3.8) is 0 Å². The standard InChI is InChI=1S/C18H19N3/c1-12-7-8-15-17(11-12)20-16-6-4-3-5-14(16)18(15)21-13(2)9-10-19-21/h3-6,9-10,12H,7-8,11H2,1-2H3. The molecule has 0 aliphatic heterocycles. The zero-order chi connectivity index (χ0) is 14.4. The number of pyridine rings is 1. The number of nitrogens with zero attached hydrogens (tertiary/aromatic N) is 3. The molecule has 1 aliphatic carbocycles. The fourth-order valence-corrected chi connectivity index (χ4v) is 3.38. The Bertz CT molecular complexity index is 816. The first-order valence-corrected chi connectivity index (χ1v) is 7.65. The molecule has 2 heterocycles. The molecular formula is C18H19N3. The molecule has 0 fully saturated rings. The molecule has 0 N–H and O–H groups in total. The monoisotopic (exact) mass is 277 g/mol. The molecule has 0 bridgehead atoms. The molecule has 1 unspecified atom stereocenters. The van der Waals surface area contributed by atoms with Gasteiger partial charge in [0.05, 0.1) is 11.2 Å². The van der Waals surface area contributed by atoms with Gasteiger partial charge in [0.25, 0.3) is 0 Å². The van der Waals surface area contributed by atoms with Crippen molar-refractivity contribution >= 4 is 10.9 Å². The Balaban J connectivity index is 2.09. The summed E-state index contributed by atoms with van der Waals surface area (Å²) in [6.07, 6.45) is 5.29. The number of hydrogen-bond donors (Lipinski definition) is 0. The van der Waals surface area contributed by atoms with E-state index in [1.807, 2.05) is 6.20 Å². The molecule has 0 saturated heterocycles. The van der Waals surface area contributed by atoms with E-state index in [0.717, 1.165) is 24.3 Å². The highest BCUT2D eigenvalue weighted by Crippen LogP contribution is 2.33. The molecule has 0 radical (unpaired) electrons. The van der Waals surface area contributed by atoms with Gasteiger partial charge in [0.2, 0.25) is 0 Å². The van der Waals surface area contributed by atoms with Crippen molar-refractivity contribution in [2.45, 2.75) is 33.1 Å². The van der Waals surface area contributed by atoms with E-state index in [0.29, 0.717) is 0 Å². The SMILES string of the molecule is Cc1ccnn1-c1c2c(nc3ccccc13)CC(C)CC2. The summed E-state index contributed by atoms with van der Waals surface area (Å²) in [6.45, 7) is 4.43. The van der Waals surface area contributed by atoms with Gasteiger partial charge in [0.15, 0.2) is 0 Å². The number of aromatic nitrogens is 3. The lowest BCUT2D eigenvalue weighted by Gasteiger charge is -2.24. The van der Waals surface area contributed by atoms with Crippen LogP contribution in [-0.4, -0.2) is 14.8 Å². The van der Waals surface area contributed by atoms with Gasteiger partial charge in [-0.2, -0.15) is 5.10 Å². The largest absolute Gasteiger partial charge is 0.252 e. The number of hydrogen-bond acceptors (Lipinski definition) is 2. The number of rotatable bonds is 1. The first-order valence-electron chi connectivity index (χ1n) is 7.65. The van der Waals surface area contributed by atoms with Crippen LogP contribution in [0.2, 0.25) is 0 Å². The highest BCUT2D eigenvalue weighted by atomic mass is 15.3. The molecule has 0 saturated carbocycles. The summed E-state index contributed by atoms with van der Waals surface area (Å²) in [5.41, 5.74) is 6.14. The summed E-state index contributed by atoms with van der Waals surface area (Å²) in [6, 6.07) is 10.5. The van der Waals surface area contributed by atoms with Gasteiger partial charge in [-0.3, -0.25) is 4.98 Å². The molecule has 3 nitrogen and oxygen atoms in total. The molecule has 4 rings (SSSR count). The maximum atomic E-state index is 4.93. The van der Waals surface area contributed by atoms with Crippen molar-refractivity contribution in [3.8, 4) is 5.69 Å². The second kappa shape index (κ2) is 4.69. The predicted molar refractivity (Wildman–Crippen MR) is 84.8 cm³/mol. The molecule has 0 spiro atoms. The average molecular weight is 277 g/mol. The Labute approximate surface area is 124 Å². The zero-order valence-corrected chi connectivity index (χ0v) is 12.5. The lowest BCUT2D eigenvalue weighted by molar-refractivity contribution is 0.492. The highest BCUT2D eigenvalue weighted by Gasteiger charge is 2.23. The second-order valence-corrected chi connectivity index (χ2v) is 6.14. The van der Waals surface area contributed by atoms with E-state index >= 15 is 0 Å². The normalized spacial score (nSPS) is 17.9. The molecule has 1 aliphatic rings. The third-order valence-corrected chi connectivity index (χ3v) is 4.52. The Morgan fingerprint density at radius 2 is 2.05 bits per heavy atom. The first kappa shape index (κ1) is 12.6. The van der Waals surface area contributed by atoms with Gasteiger partial charge < -0.3 is 0 Å². The van der Waals surface area contributed by atoms with Crippen molar-refractivity contribution < 1.29 is 0 Å². The second-order valence-electron chi connectivity index (χ2n) is 6.14. The van der Waals surface area contributed by atoms with Crippen LogP contribution in [0.5, 0.6) is 0 Å². The maximum Gasteiger partial charge on any atom is 0.0792 e. The van der Waals surface area contributed by atoms with Gasteiger partial charge in [-0.1, -0.05) is 25.1 Å². The van der Waals surface area contributed by atoms with Crippen LogP contribution in [0, 0.1) is 12.8 Å². The summed E-state index contributed by atoms with van der Waals surface area (Å²) in [5.74, 6) is 0.720. The average Bonchev–Trinajstić information content (AvgIpc) is 2.90. The van der Waals surface area contributed by atoms with E-state index in [1.54, 1.807) is 0 Å². The minimum Gasteiger partial charge on any atom is -0.252 e. The molecule has 2 aromatic heterocycles. The summed E-state index contributed by atoms with van der Waals surface area (Å²) in [7, 11) is 0. The van der Waals surface area contributed by atoms with Crippen LogP contribution in [0.3, 0.4) is 0 Å². The van der Waals surface area contributed by atoms with Gasteiger partial charge in [-0.15, -0.1) is 0 Å². The molecule has 106 valence electrons. The fourth-order valence-electron chi connectivity index (χ4n) is 3.38. The van der Waals surface area contributed by atoms with Crippen LogP contribution in [0.1, 0.15) is 30.3 Å². The quantitative estimate of drug-likeness (QED) is 0.676. The van der Waals surface area contributed by atoms with E-state index in [-0.39, 0.29) is 0 Å². The number of aryl methyl sites for hydroxylation is 1. The van der Waals surface area contributed by atoms with Gasteiger partial charge in [0.1, 0.15) is 0 Å². The van der Waals surface area contributed by atoms with Crippen LogP contribution in [0.4, 0.5) is 0 Å². The minimum atomic E-state index is 0.720. The van der Waals surface area contributed by atoms with Crippen LogP contribution in [0.15, 0.2) is 36.5 Å². The van der Waals surface area contributed by atoms with Crippen LogP contribution < -0.4 is 0 Å². The van der Waals surface area contributed by atoms with E-state index < -0.39 is 0 Å². The predicted octanol–water partition coefficient (Wildman–Crippen LogP) is 3.85. The van der Waals surface area contributed by atoms with Gasteiger partial charge in [-0.25, -0.2) is 4.68 Å². The third kappa shape index (κ3) is 1.96.